The second-order valence-electron chi connectivity index (χ2n) is 5.95. The van der Waals surface area contributed by atoms with Crippen LogP contribution in [0.1, 0.15) is 15.5 Å². The van der Waals surface area contributed by atoms with E-state index in [1.807, 2.05) is 0 Å². The van der Waals surface area contributed by atoms with Crippen molar-refractivity contribution in [1.29, 1.82) is 0 Å². The largest absolute Gasteiger partial charge is 0.347 e. The number of rotatable bonds is 5. The van der Waals surface area contributed by atoms with Gasteiger partial charge in [0.15, 0.2) is 17.1 Å². The van der Waals surface area contributed by atoms with Gasteiger partial charge in [-0.2, -0.15) is 5.10 Å². The van der Waals surface area contributed by atoms with Gasteiger partial charge in [0.2, 0.25) is 0 Å². The molecule has 3 aromatic rings. The third-order valence-electron chi connectivity index (χ3n) is 4.10. The summed E-state index contributed by atoms with van der Waals surface area (Å²) < 4.78 is 26.9. The zero-order chi connectivity index (χ0) is 20.6. The molecule has 1 aliphatic rings. The number of nitrogens with zero attached hydrogens (tertiary/aromatic N) is 4. The number of hydrogen-bond acceptors (Lipinski definition) is 7. The SMILES string of the molecule is O=C1NC(=O)C(CNC(=O)c2cnn(-c3ccc(F)cc3F)n2)(c2nccs2)N1. The summed E-state index contributed by atoms with van der Waals surface area (Å²) in [6, 6.07) is 2.11. The van der Waals surface area contributed by atoms with Crippen LogP contribution in [0.5, 0.6) is 0 Å². The topological polar surface area (TPSA) is 131 Å². The van der Waals surface area contributed by atoms with Crippen LogP contribution in [0.4, 0.5) is 13.6 Å². The number of carbonyl (C=O) groups excluding carboxylic acids is 3. The van der Waals surface area contributed by atoms with Gasteiger partial charge in [-0.05, 0) is 12.1 Å². The number of urea groups is 1. The van der Waals surface area contributed by atoms with E-state index in [0.29, 0.717) is 6.07 Å². The molecule has 0 radical (unpaired) electrons. The maximum absolute atomic E-state index is 13.9. The lowest BCUT2D eigenvalue weighted by Gasteiger charge is -2.23. The molecule has 1 unspecified atom stereocenters. The average molecular weight is 419 g/mol. The fourth-order valence-electron chi connectivity index (χ4n) is 2.71. The van der Waals surface area contributed by atoms with Crippen molar-refractivity contribution >= 4 is 29.2 Å². The normalized spacial score (nSPS) is 18.4. The van der Waals surface area contributed by atoms with Crippen LogP contribution in [0.15, 0.2) is 36.0 Å². The molecule has 3 heterocycles. The van der Waals surface area contributed by atoms with E-state index in [9.17, 15) is 23.2 Å². The molecule has 1 aromatic carbocycles. The van der Waals surface area contributed by atoms with Crippen LogP contribution < -0.4 is 16.0 Å². The number of nitrogens with one attached hydrogen (secondary N) is 3. The third kappa shape index (κ3) is 3.31. The van der Waals surface area contributed by atoms with E-state index in [0.717, 1.165) is 34.5 Å². The smallest absolute Gasteiger partial charge is 0.322 e. The van der Waals surface area contributed by atoms with Crippen molar-refractivity contribution in [2.24, 2.45) is 0 Å². The van der Waals surface area contributed by atoms with E-state index >= 15 is 0 Å². The molecule has 1 atom stereocenters. The van der Waals surface area contributed by atoms with Crippen LogP contribution >= 0.6 is 11.3 Å². The number of halogens is 2. The second kappa shape index (κ2) is 7.01. The van der Waals surface area contributed by atoms with Crippen LogP contribution in [0, 0.1) is 11.6 Å². The monoisotopic (exact) mass is 419 g/mol. The Bertz CT molecular complexity index is 1120. The van der Waals surface area contributed by atoms with Crippen molar-refractivity contribution < 1.29 is 23.2 Å². The summed E-state index contributed by atoms with van der Waals surface area (Å²) in [5.41, 5.74) is -1.88. The molecule has 0 bridgehead atoms. The Hall–Kier alpha value is -3.74. The van der Waals surface area contributed by atoms with Gasteiger partial charge in [0.1, 0.15) is 16.5 Å². The van der Waals surface area contributed by atoms with Gasteiger partial charge in [-0.15, -0.1) is 21.2 Å². The van der Waals surface area contributed by atoms with Crippen molar-refractivity contribution in [1.82, 2.24) is 35.9 Å². The van der Waals surface area contributed by atoms with Crippen LogP contribution in [-0.4, -0.2) is 44.4 Å². The van der Waals surface area contributed by atoms with Crippen molar-refractivity contribution in [2.75, 3.05) is 6.54 Å². The van der Waals surface area contributed by atoms with Crippen LogP contribution in [-0.2, 0) is 10.3 Å². The highest BCUT2D eigenvalue weighted by atomic mass is 32.1. The summed E-state index contributed by atoms with van der Waals surface area (Å²) >= 11 is 1.13. The van der Waals surface area contributed by atoms with Gasteiger partial charge in [0.05, 0.1) is 12.7 Å². The van der Waals surface area contributed by atoms with E-state index in [1.165, 1.54) is 6.20 Å². The molecule has 0 spiro atoms. The van der Waals surface area contributed by atoms with Gasteiger partial charge < -0.3 is 10.6 Å². The summed E-state index contributed by atoms with van der Waals surface area (Å²) in [4.78, 5) is 41.3. The fraction of sp³-hybridized carbons (Fsp3) is 0.125. The van der Waals surface area contributed by atoms with Crippen LogP contribution in [0.2, 0.25) is 0 Å². The minimum Gasteiger partial charge on any atom is -0.347 e. The highest BCUT2D eigenvalue weighted by molar-refractivity contribution is 7.09. The predicted octanol–water partition coefficient (Wildman–Crippen LogP) is 0.467. The average Bonchev–Trinajstić information content (AvgIpc) is 3.40. The van der Waals surface area contributed by atoms with Gasteiger partial charge in [-0.1, -0.05) is 0 Å². The lowest BCUT2D eigenvalue weighted by atomic mass is 10.0. The van der Waals surface area contributed by atoms with E-state index in [4.69, 9.17) is 0 Å². The molecule has 1 fully saturated rings. The van der Waals surface area contributed by atoms with Gasteiger partial charge in [-0.25, -0.2) is 18.6 Å². The standard InChI is InChI=1S/C16H11F2N7O3S/c17-8-1-2-11(9(18)5-8)25-21-6-10(24-25)12(26)20-7-16(14-19-3-4-29-14)13(27)22-15(28)23-16/h1-6H,7H2,(H,20,26)(H2,22,23,27,28). The van der Waals surface area contributed by atoms with Gasteiger partial charge >= 0.3 is 6.03 Å². The molecule has 1 saturated heterocycles. The number of imide groups is 1. The molecule has 29 heavy (non-hydrogen) atoms. The first-order valence-corrected chi connectivity index (χ1v) is 8.96. The number of benzene rings is 1. The third-order valence-corrected chi connectivity index (χ3v) is 5.04. The summed E-state index contributed by atoms with van der Waals surface area (Å²) in [5, 5.41) is 16.7. The first-order chi connectivity index (χ1) is 13.9. The number of thiazole rings is 1. The Balaban J connectivity index is 1.53. The Morgan fingerprint density at radius 2 is 2.14 bits per heavy atom. The van der Waals surface area contributed by atoms with Gasteiger partial charge in [0.25, 0.3) is 11.8 Å². The zero-order valence-electron chi connectivity index (χ0n) is 14.3. The predicted molar refractivity (Wildman–Crippen MR) is 94.1 cm³/mol. The van der Waals surface area contributed by atoms with E-state index in [2.05, 4.69) is 31.1 Å². The molecule has 10 nitrogen and oxygen atoms in total. The van der Waals surface area contributed by atoms with Crippen LogP contribution in [0.3, 0.4) is 0 Å². The molecular formula is C16H11F2N7O3S. The van der Waals surface area contributed by atoms with E-state index in [-0.39, 0.29) is 22.9 Å². The van der Waals surface area contributed by atoms with E-state index < -0.39 is 35.0 Å². The molecule has 3 N–H and O–H groups in total. The fourth-order valence-corrected chi connectivity index (χ4v) is 3.50. The lowest BCUT2D eigenvalue weighted by Crippen LogP contribution is -2.52. The maximum Gasteiger partial charge on any atom is 0.322 e. The number of aromatic nitrogens is 4. The molecule has 13 heteroatoms. The first kappa shape index (κ1) is 18.6. The van der Waals surface area contributed by atoms with E-state index in [1.54, 1.807) is 5.38 Å². The van der Waals surface area contributed by atoms with Crippen molar-refractivity contribution in [2.45, 2.75) is 5.54 Å². The van der Waals surface area contributed by atoms with Crippen molar-refractivity contribution in [3.05, 3.63) is 58.3 Å². The minimum absolute atomic E-state index is 0.146. The molecule has 0 saturated carbocycles. The lowest BCUT2D eigenvalue weighted by molar-refractivity contribution is -0.124. The summed E-state index contributed by atoms with van der Waals surface area (Å²) in [7, 11) is 0. The molecule has 0 aliphatic carbocycles. The zero-order valence-corrected chi connectivity index (χ0v) is 15.2. The summed E-state index contributed by atoms with van der Waals surface area (Å²) in [6.07, 6.45) is 2.55. The summed E-state index contributed by atoms with van der Waals surface area (Å²) in [6.45, 7) is -0.297. The molecule has 1 aliphatic heterocycles. The minimum atomic E-state index is -1.56. The molecule has 4 rings (SSSR count). The molecule has 4 amide bonds. The highest BCUT2D eigenvalue weighted by Crippen LogP contribution is 2.26. The van der Waals surface area contributed by atoms with Crippen molar-refractivity contribution in [3.8, 4) is 5.69 Å². The Kier molecular flexibility index (Phi) is 4.50. The van der Waals surface area contributed by atoms with Gasteiger partial charge in [0, 0.05) is 17.6 Å². The Morgan fingerprint density at radius 3 is 2.79 bits per heavy atom. The number of hydrogen-bond donors (Lipinski definition) is 3. The number of carbonyl (C=O) groups is 3. The van der Waals surface area contributed by atoms with Gasteiger partial charge in [-0.3, -0.25) is 14.9 Å². The highest BCUT2D eigenvalue weighted by Gasteiger charge is 2.50. The maximum atomic E-state index is 13.9. The van der Waals surface area contributed by atoms with Crippen molar-refractivity contribution in [3.63, 3.8) is 0 Å². The Labute approximate surface area is 164 Å². The summed E-state index contributed by atoms with van der Waals surface area (Å²) in [5.74, 6) is -3.04. The second-order valence-corrected chi connectivity index (χ2v) is 6.84. The quantitative estimate of drug-likeness (QED) is 0.515. The first-order valence-electron chi connectivity index (χ1n) is 8.08. The van der Waals surface area contributed by atoms with Crippen LogP contribution in [0.25, 0.3) is 5.69 Å². The number of amides is 4. The molecule has 148 valence electrons. The molecular weight excluding hydrogens is 408 g/mol. The Morgan fingerprint density at radius 1 is 1.31 bits per heavy atom. The molecule has 2 aromatic heterocycles.